The lowest BCUT2D eigenvalue weighted by atomic mass is 9.71. The normalized spacial score (nSPS) is 31.5. The van der Waals surface area contributed by atoms with Crippen LogP contribution >= 0.6 is 0 Å². The third-order valence-corrected chi connectivity index (χ3v) is 5.43. The molecule has 1 heterocycles. The van der Waals surface area contributed by atoms with E-state index in [4.69, 9.17) is 9.31 Å². The van der Waals surface area contributed by atoms with E-state index in [9.17, 15) is 4.39 Å². The van der Waals surface area contributed by atoms with Crippen LogP contribution in [0.3, 0.4) is 0 Å². The molecule has 0 aromatic heterocycles. The van der Waals surface area contributed by atoms with E-state index < -0.39 is 18.3 Å². The molecule has 0 amide bonds. The minimum absolute atomic E-state index is 0.267. The van der Waals surface area contributed by atoms with Gasteiger partial charge in [0.25, 0.3) is 0 Å². The maximum Gasteiger partial charge on any atom is 0.524 e. The summed E-state index contributed by atoms with van der Waals surface area (Å²) in [7, 11) is -0.841. The van der Waals surface area contributed by atoms with E-state index in [1.54, 1.807) is 6.08 Å². The molecule has 0 aromatic rings. The molecule has 1 saturated carbocycles. The van der Waals surface area contributed by atoms with Crippen LogP contribution in [0.25, 0.3) is 0 Å². The second kappa shape index (κ2) is 5.70. The number of hydrogen-bond donors (Lipinski definition) is 0. The van der Waals surface area contributed by atoms with Gasteiger partial charge in [0.2, 0.25) is 0 Å². The second-order valence-corrected chi connectivity index (χ2v) is 8.54. The molecule has 1 saturated heterocycles. The van der Waals surface area contributed by atoms with Crippen molar-refractivity contribution in [1.29, 1.82) is 0 Å². The highest BCUT2D eigenvalue weighted by molar-refractivity contribution is 6.53. The minimum atomic E-state index is -0.841. The van der Waals surface area contributed by atoms with Crippen molar-refractivity contribution in [1.82, 2.24) is 0 Å². The lowest BCUT2D eigenvalue weighted by molar-refractivity contribution is 0.00578. The standard InChI is InChI=1S/C17H30BFO2/c1-15(2)11-7-8-13(12-15)9-10-14(19)18-20-16(3,4)17(5,6)21-18/h10,13H,7-9,11-12H2,1-6H3. The number of hydrogen-bond acceptors (Lipinski definition) is 2. The fraction of sp³-hybridized carbons (Fsp3) is 0.882. The predicted molar refractivity (Wildman–Crippen MR) is 85.6 cm³/mol. The van der Waals surface area contributed by atoms with Crippen molar-refractivity contribution in [3.05, 3.63) is 11.8 Å². The second-order valence-electron chi connectivity index (χ2n) is 8.54. The largest absolute Gasteiger partial charge is 0.524 e. The molecule has 21 heavy (non-hydrogen) atoms. The molecule has 4 heteroatoms. The van der Waals surface area contributed by atoms with Crippen molar-refractivity contribution in [2.75, 3.05) is 0 Å². The van der Waals surface area contributed by atoms with Crippen LogP contribution in [0.15, 0.2) is 11.8 Å². The maximum absolute atomic E-state index is 14.4. The molecule has 2 rings (SSSR count). The van der Waals surface area contributed by atoms with E-state index >= 15 is 0 Å². The topological polar surface area (TPSA) is 18.5 Å². The lowest BCUT2D eigenvalue weighted by Gasteiger charge is -2.34. The van der Waals surface area contributed by atoms with Gasteiger partial charge in [-0.15, -0.1) is 0 Å². The van der Waals surface area contributed by atoms with Crippen LogP contribution in [-0.4, -0.2) is 18.3 Å². The van der Waals surface area contributed by atoms with Gasteiger partial charge in [-0.25, -0.2) is 4.39 Å². The highest BCUT2D eigenvalue weighted by Gasteiger charge is 2.53. The zero-order valence-corrected chi connectivity index (χ0v) is 14.5. The van der Waals surface area contributed by atoms with Gasteiger partial charge < -0.3 is 9.31 Å². The average molecular weight is 296 g/mol. The summed E-state index contributed by atoms with van der Waals surface area (Å²) in [5, 5.41) is 0. The van der Waals surface area contributed by atoms with Crippen LogP contribution in [-0.2, 0) is 9.31 Å². The van der Waals surface area contributed by atoms with Gasteiger partial charge in [-0.1, -0.05) is 32.8 Å². The Morgan fingerprint density at radius 1 is 1.14 bits per heavy atom. The molecule has 1 aliphatic carbocycles. The molecule has 0 N–H and O–H groups in total. The average Bonchev–Trinajstić information content (AvgIpc) is 2.54. The summed E-state index contributed by atoms with van der Waals surface area (Å²) in [6, 6.07) is 0. The third kappa shape index (κ3) is 3.90. The first-order valence-electron chi connectivity index (χ1n) is 8.24. The van der Waals surface area contributed by atoms with Crippen LogP contribution in [0.1, 0.15) is 73.6 Å². The van der Waals surface area contributed by atoms with E-state index in [0.29, 0.717) is 11.3 Å². The number of halogens is 1. The first-order chi connectivity index (χ1) is 9.52. The molecule has 1 unspecified atom stereocenters. The van der Waals surface area contributed by atoms with Gasteiger partial charge in [0, 0.05) is 0 Å². The summed E-state index contributed by atoms with van der Waals surface area (Å²) in [4.78, 5) is 0. The van der Waals surface area contributed by atoms with Gasteiger partial charge in [0.15, 0.2) is 0 Å². The van der Waals surface area contributed by atoms with Crippen LogP contribution in [0, 0.1) is 11.3 Å². The molecule has 2 aliphatic rings. The molecule has 1 atom stereocenters. The predicted octanol–water partition coefficient (Wildman–Crippen LogP) is 5.08. The van der Waals surface area contributed by atoms with Crippen LogP contribution in [0.2, 0.25) is 0 Å². The molecule has 0 aromatic carbocycles. The maximum atomic E-state index is 14.4. The van der Waals surface area contributed by atoms with Crippen LogP contribution < -0.4 is 0 Å². The molecular formula is C17H30BFO2. The Hall–Kier alpha value is -0.345. The lowest BCUT2D eigenvalue weighted by Crippen LogP contribution is -2.41. The van der Waals surface area contributed by atoms with Gasteiger partial charge in [-0.3, -0.25) is 0 Å². The molecule has 2 fully saturated rings. The van der Waals surface area contributed by atoms with Crippen molar-refractivity contribution in [2.45, 2.75) is 84.8 Å². The van der Waals surface area contributed by atoms with Crippen molar-refractivity contribution < 1.29 is 13.7 Å². The molecule has 0 bridgehead atoms. The van der Waals surface area contributed by atoms with Crippen molar-refractivity contribution in [3.63, 3.8) is 0 Å². The van der Waals surface area contributed by atoms with Crippen molar-refractivity contribution in [3.8, 4) is 0 Å². The van der Waals surface area contributed by atoms with Gasteiger partial charge in [-0.2, -0.15) is 0 Å². The van der Waals surface area contributed by atoms with E-state index in [1.807, 2.05) is 27.7 Å². The van der Waals surface area contributed by atoms with Gasteiger partial charge in [0.1, 0.15) is 5.73 Å². The SMILES string of the molecule is CC1(C)CCCC(CC=C(F)B2OC(C)(C)C(C)(C)O2)C1. The highest BCUT2D eigenvalue weighted by Crippen LogP contribution is 2.41. The van der Waals surface area contributed by atoms with Gasteiger partial charge >= 0.3 is 7.12 Å². The molecular weight excluding hydrogens is 266 g/mol. The van der Waals surface area contributed by atoms with Crippen molar-refractivity contribution in [2.24, 2.45) is 11.3 Å². The Labute approximate surface area is 129 Å². The molecule has 2 nitrogen and oxygen atoms in total. The Morgan fingerprint density at radius 2 is 1.71 bits per heavy atom. The van der Waals surface area contributed by atoms with E-state index in [1.165, 1.54) is 25.7 Å². The Kier molecular flexibility index (Phi) is 4.61. The van der Waals surface area contributed by atoms with Crippen LogP contribution in [0.5, 0.6) is 0 Å². The number of rotatable bonds is 3. The first-order valence-corrected chi connectivity index (χ1v) is 8.24. The Balaban J connectivity index is 1.93. The molecule has 0 spiro atoms. The summed E-state index contributed by atoms with van der Waals surface area (Å²) in [6.45, 7) is 12.4. The summed E-state index contributed by atoms with van der Waals surface area (Å²) in [5.74, 6) is 0.585. The van der Waals surface area contributed by atoms with Crippen molar-refractivity contribution >= 4 is 7.12 Å². The Morgan fingerprint density at radius 3 is 2.24 bits per heavy atom. The zero-order valence-electron chi connectivity index (χ0n) is 14.5. The van der Waals surface area contributed by atoms with E-state index in [0.717, 1.165) is 6.42 Å². The minimum Gasteiger partial charge on any atom is -0.398 e. The van der Waals surface area contributed by atoms with Crippen LogP contribution in [0.4, 0.5) is 4.39 Å². The molecule has 1 aliphatic heterocycles. The molecule has 0 radical (unpaired) electrons. The van der Waals surface area contributed by atoms with Gasteiger partial charge in [0.05, 0.1) is 11.2 Å². The monoisotopic (exact) mass is 296 g/mol. The number of allylic oxidation sites excluding steroid dienone is 1. The fourth-order valence-electron chi connectivity index (χ4n) is 3.39. The van der Waals surface area contributed by atoms with E-state index in [-0.39, 0.29) is 5.73 Å². The first kappa shape index (κ1) is 17.0. The highest BCUT2D eigenvalue weighted by atomic mass is 19.1. The summed E-state index contributed by atoms with van der Waals surface area (Å²) < 4.78 is 25.8. The summed E-state index contributed by atoms with van der Waals surface area (Å²) in [6.07, 6.45) is 7.40. The third-order valence-electron chi connectivity index (χ3n) is 5.43. The van der Waals surface area contributed by atoms with E-state index in [2.05, 4.69) is 13.8 Å². The summed E-state index contributed by atoms with van der Waals surface area (Å²) >= 11 is 0. The quantitative estimate of drug-likeness (QED) is 0.676. The smallest absolute Gasteiger partial charge is 0.398 e. The molecule has 120 valence electrons. The summed E-state index contributed by atoms with van der Waals surface area (Å²) in [5.41, 5.74) is -0.819. The fourth-order valence-corrected chi connectivity index (χ4v) is 3.39. The van der Waals surface area contributed by atoms with Gasteiger partial charge in [-0.05, 0) is 58.3 Å². The Bertz CT molecular complexity index is 399. The zero-order chi connectivity index (χ0) is 15.9.